The largest absolute Gasteiger partial charge is 0.478 e. The molecule has 0 aliphatic carbocycles. The summed E-state index contributed by atoms with van der Waals surface area (Å²) < 4.78 is 26.2. The number of thiazole rings is 1. The van der Waals surface area contributed by atoms with Gasteiger partial charge in [0.15, 0.2) is 17.7 Å². The molecule has 0 bridgehead atoms. The standard InChI is InChI=1S/C24H23FN4O3S2/c1-15(31-19-10-4-2-8-17(19)25)22-27-28-24(32-22)33-14-21(30)29-12-6-7-16(13-29)23-26-18-9-3-5-11-20(18)34-23/h2-5,8-11,15-16H,6-7,12-14H2,1H3/t15-,16-/m0/s1. The van der Waals surface area contributed by atoms with Crippen LogP contribution in [0, 0.1) is 5.82 Å². The Balaban J connectivity index is 1.16. The number of carbonyl (C=O) groups excluding carboxylic acids is 1. The maximum Gasteiger partial charge on any atom is 0.277 e. The van der Waals surface area contributed by atoms with E-state index in [4.69, 9.17) is 14.1 Å². The second kappa shape index (κ2) is 10.1. The SMILES string of the molecule is C[C@H](Oc1ccccc1F)c1nnc(SCC(=O)N2CCC[C@H](c3nc4ccccc4s3)C2)o1. The molecule has 3 heterocycles. The fourth-order valence-electron chi connectivity index (χ4n) is 3.91. The van der Waals surface area contributed by atoms with Crippen LogP contribution >= 0.6 is 23.1 Å². The molecule has 2 aromatic heterocycles. The Morgan fingerprint density at radius 1 is 1.26 bits per heavy atom. The van der Waals surface area contributed by atoms with Crippen molar-refractivity contribution in [3.8, 4) is 5.75 Å². The first kappa shape index (κ1) is 22.8. The number of hydrogen-bond acceptors (Lipinski definition) is 8. The van der Waals surface area contributed by atoms with Gasteiger partial charge in [0.25, 0.3) is 11.1 Å². The molecule has 0 N–H and O–H groups in total. The second-order valence-electron chi connectivity index (χ2n) is 8.08. The molecule has 7 nitrogen and oxygen atoms in total. The number of thioether (sulfide) groups is 1. The Morgan fingerprint density at radius 2 is 2.09 bits per heavy atom. The van der Waals surface area contributed by atoms with Crippen LogP contribution in [0.2, 0.25) is 0 Å². The van der Waals surface area contributed by atoms with E-state index in [1.54, 1.807) is 30.4 Å². The van der Waals surface area contributed by atoms with E-state index >= 15 is 0 Å². The number of fused-ring (bicyclic) bond motifs is 1. The Hall–Kier alpha value is -2.98. The van der Waals surface area contributed by atoms with E-state index in [0.717, 1.165) is 29.9 Å². The second-order valence-corrected chi connectivity index (χ2v) is 10.1. The number of hydrogen-bond donors (Lipinski definition) is 0. The summed E-state index contributed by atoms with van der Waals surface area (Å²) in [4.78, 5) is 19.6. The van der Waals surface area contributed by atoms with E-state index < -0.39 is 11.9 Å². The lowest BCUT2D eigenvalue weighted by molar-refractivity contribution is -0.129. The molecule has 176 valence electrons. The van der Waals surface area contributed by atoms with Crippen molar-refractivity contribution in [2.24, 2.45) is 0 Å². The van der Waals surface area contributed by atoms with Gasteiger partial charge in [-0.05, 0) is 44.0 Å². The lowest BCUT2D eigenvalue weighted by Gasteiger charge is -2.31. The lowest BCUT2D eigenvalue weighted by atomic mass is 9.99. The summed E-state index contributed by atoms with van der Waals surface area (Å²) in [5.41, 5.74) is 1.02. The summed E-state index contributed by atoms with van der Waals surface area (Å²) in [6, 6.07) is 14.3. The van der Waals surface area contributed by atoms with Crippen LogP contribution in [0.4, 0.5) is 4.39 Å². The maximum atomic E-state index is 13.8. The molecule has 2 atom stereocenters. The molecule has 1 aliphatic rings. The van der Waals surface area contributed by atoms with Gasteiger partial charge in [0.05, 0.1) is 21.0 Å². The van der Waals surface area contributed by atoms with E-state index in [1.165, 1.54) is 28.6 Å². The Morgan fingerprint density at radius 3 is 2.94 bits per heavy atom. The fourth-order valence-corrected chi connectivity index (χ4v) is 5.67. The number of carbonyl (C=O) groups is 1. The topological polar surface area (TPSA) is 81.4 Å². The van der Waals surface area contributed by atoms with Gasteiger partial charge in [-0.25, -0.2) is 9.37 Å². The zero-order valence-corrected chi connectivity index (χ0v) is 20.2. The van der Waals surface area contributed by atoms with Gasteiger partial charge in [-0.15, -0.1) is 21.5 Å². The van der Waals surface area contributed by atoms with Crippen LogP contribution in [0.15, 0.2) is 58.2 Å². The molecular weight excluding hydrogens is 475 g/mol. The highest BCUT2D eigenvalue weighted by Crippen LogP contribution is 2.33. The molecule has 34 heavy (non-hydrogen) atoms. The molecule has 5 rings (SSSR count). The quantitative estimate of drug-likeness (QED) is 0.313. The number of piperidine rings is 1. The average molecular weight is 499 g/mol. The third-order valence-corrected chi connectivity index (χ3v) is 7.67. The van der Waals surface area contributed by atoms with Crippen molar-refractivity contribution in [3.63, 3.8) is 0 Å². The van der Waals surface area contributed by atoms with Gasteiger partial charge in [-0.3, -0.25) is 4.79 Å². The first-order valence-electron chi connectivity index (χ1n) is 11.1. The number of likely N-dealkylation sites (tertiary alicyclic amines) is 1. The van der Waals surface area contributed by atoms with Gasteiger partial charge in [0, 0.05) is 19.0 Å². The molecule has 0 radical (unpaired) electrons. The molecule has 2 aromatic carbocycles. The minimum Gasteiger partial charge on any atom is -0.478 e. The van der Waals surface area contributed by atoms with Gasteiger partial charge >= 0.3 is 0 Å². The molecule has 0 unspecified atom stereocenters. The first-order chi connectivity index (χ1) is 16.6. The monoisotopic (exact) mass is 498 g/mol. The Labute approximate surface area is 204 Å². The summed E-state index contributed by atoms with van der Waals surface area (Å²) in [6.07, 6.45) is 1.36. The van der Waals surface area contributed by atoms with E-state index in [0.29, 0.717) is 6.54 Å². The van der Waals surface area contributed by atoms with Crippen LogP contribution in [-0.4, -0.2) is 44.8 Å². The molecule has 1 amide bonds. The summed E-state index contributed by atoms with van der Waals surface area (Å²) in [5.74, 6) is 0.381. The van der Waals surface area contributed by atoms with Crippen molar-refractivity contribution in [3.05, 3.63) is 65.2 Å². The van der Waals surface area contributed by atoms with Gasteiger partial charge in [-0.1, -0.05) is 36.0 Å². The molecule has 0 saturated carbocycles. The summed E-state index contributed by atoms with van der Waals surface area (Å²) in [6.45, 7) is 3.11. The van der Waals surface area contributed by atoms with E-state index in [2.05, 4.69) is 16.3 Å². The molecule has 1 aliphatic heterocycles. The third kappa shape index (κ3) is 5.07. The maximum absolute atomic E-state index is 13.8. The predicted molar refractivity (Wildman–Crippen MR) is 129 cm³/mol. The minimum absolute atomic E-state index is 0.0335. The zero-order valence-electron chi connectivity index (χ0n) is 18.5. The lowest BCUT2D eigenvalue weighted by Crippen LogP contribution is -2.40. The Bertz CT molecular complexity index is 1260. The number of para-hydroxylation sites is 2. The van der Waals surface area contributed by atoms with Crippen LogP contribution in [0.5, 0.6) is 5.75 Å². The number of nitrogens with zero attached hydrogens (tertiary/aromatic N) is 4. The molecule has 4 aromatic rings. The number of amides is 1. The van der Waals surface area contributed by atoms with Crippen LogP contribution < -0.4 is 4.74 Å². The van der Waals surface area contributed by atoms with Crippen LogP contribution in [0.25, 0.3) is 10.2 Å². The van der Waals surface area contributed by atoms with Crippen molar-refractivity contribution >= 4 is 39.2 Å². The third-order valence-electron chi connectivity index (χ3n) is 5.66. The predicted octanol–water partition coefficient (Wildman–Crippen LogP) is 5.46. The minimum atomic E-state index is -0.619. The summed E-state index contributed by atoms with van der Waals surface area (Å²) in [5, 5.41) is 9.37. The number of halogens is 1. The van der Waals surface area contributed by atoms with E-state index in [9.17, 15) is 9.18 Å². The fraction of sp³-hybridized carbons (Fsp3) is 0.333. The number of ether oxygens (including phenoxy) is 1. The van der Waals surface area contributed by atoms with Crippen molar-refractivity contribution in [1.82, 2.24) is 20.1 Å². The van der Waals surface area contributed by atoms with Crippen molar-refractivity contribution in [2.45, 2.75) is 37.0 Å². The van der Waals surface area contributed by atoms with Gasteiger partial charge in [0.2, 0.25) is 5.91 Å². The molecule has 1 fully saturated rings. The number of benzene rings is 2. The molecule has 0 spiro atoms. The molecule has 1 saturated heterocycles. The highest BCUT2D eigenvalue weighted by Gasteiger charge is 2.27. The molecular formula is C24H23FN4O3S2. The van der Waals surface area contributed by atoms with Crippen molar-refractivity contribution in [1.29, 1.82) is 0 Å². The van der Waals surface area contributed by atoms with Gasteiger partial charge in [0.1, 0.15) is 0 Å². The van der Waals surface area contributed by atoms with Gasteiger partial charge < -0.3 is 14.1 Å². The van der Waals surface area contributed by atoms with E-state index in [-0.39, 0.29) is 34.4 Å². The number of rotatable bonds is 7. The zero-order chi connectivity index (χ0) is 23.5. The van der Waals surface area contributed by atoms with Crippen molar-refractivity contribution < 1.29 is 18.3 Å². The average Bonchev–Trinajstić information content (AvgIpc) is 3.51. The van der Waals surface area contributed by atoms with Crippen LogP contribution in [0.1, 0.15) is 42.7 Å². The van der Waals surface area contributed by atoms with E-state index in [1.807, 2.05) is 23.1 Å². The highest BCUT2D eigenvalue weighted by atomic mass is 32.2. The summed E-state index contributed by atoms with van der Waals surface area (Å²) in [7, 11) is 0. The highest BCUT2D eigenvalue weighted by molar-refractivity contribution is 7.99. The smallest absolute Gasteiger partial charge is 0.277 e. The Kier molecular flexibility index (Phi) is 6.77. The normalized spacial score (nSPS) is 17.1. The van der Waals surface area contributed by atoms with Crippen molar-refractivity contribution in [2.75, 3.05) is 18.8 Å². The number of aromatic nitrogens is 3. The molecule has 10 heteroatoms. The summed E-state index contributed by atoms with van der Waals surface area (Å²) >= 11 is 2.91. The van der Waals surface area contributed by atoms with Gasteiger partial charge in [-0.2, -0.15) is 0 Å². The first-order valence-corrected chi connectivity index (χ1v) is 12.9. The van der Waals surface area contributed by atoms with Crippen LogP contribution in [-0.2, 0) is 4.79 Å². The van der Waals surface area contributed by atoms with Crippen LogP contribution in [0.3, 0.4) is 0 Å².